The summed E-state index contributed by atoms with van der Waals surface area (Å²) in [6.45, 7) is 4.41. The first-order valence-corrected chi connectivity index (χ1v) is 5.30. The van der Waals surface area contributed by atoms with Crippen molar-refractivity contribution in [2.45, 2.75) is 19.4 Å². The Kier molecular flexibility index (Phi) is 2.31. The predicted molar refractivity (Wildman–Crippen MR) is 65.0 cm³/mol. The summed E-state index contributed by atoms with van der Waals surface area (Å²) in [5.41, 5.74) is 2.66. The van der Waals surface area contributed by atoms with E-state index in [0.717, 1.165) is 0 Å². The molecule has 2 aromatic rings. The van der Waals surface area contributed by atoms with Gasteiger partial charge in [0, 0.05) is 18.8 Å². The fourth-order valence-corrected chi connectivity index (χ4v) is 2.00. The highest BCUT2D eigenvalue weighted by Gasteiger charge is 2.21. The Morgan fingerprint density at radius 3 is 2.60 bits per heavy atom. The van der Waals surface area contributed by atoms with Crippen LogP contribution in [0.5, 0.6) is 0 Å². The number of hydrogen-bond donors (Lipinski definition) is 1. The van der Waals surface area contributed by atoms with Gasteiger partial charge in [-0.2, -0.15) is 0 Å². The van der Waals surface area contributed by atoms with Crippen molar-refractivity contribution in [2.24, 2.45) is 7.05 Å². The van der Waals surface area contributed by atoms with Gasteiger partial charge in [-0.15, -0.1) is 0 Å². The Labute approximate surface area is 90.9 Å². The molecule has 1 N–H and O–H groups in total. The normalized spacial score (nSPS) is 12.3. The van der Waals surface area contributed by atoms with Crippen LogP contribution in [-0.2, 0) is 12.6 Å². The zero-order chi connectivity index (χ0) is 11.1. The first-order chi connectivity index (χ1) is 7.06. The van der Waals surface area contributed by atoms with Gasteiger partial charge in [0.15, 0.2) is 0 Å². The molecule has 2 rings (SSSR count). The molecular formula is C13H18N2. The maximum Gasteiger partial charge on any atom is 0.0528 e. The van der Waals surface area contributed by atoms with Gasteiger partial charge in [0.2, 0.25) is 0 Å². The average Bonchev–Trinajstić information content (AvgIpc) is 2.60. The van der Waals surface area contributed by atoms with E-state index in [-0.39, 0.29) is 5.54 Å². The highest BCUT2D eigenvalue weighted by Crippen LogP contribution is 2.28. The number of hydrogen-bond acceptors (Lipinski definition) is 1. The average molecular weight is 202 g/mol. The molecule has 0 radical (unpaired) electrons. The quantitative estimate of drug-likeness (QED) is 0.792. The largest absolute Gasteiger partial charge is 0.350 e. The maximum absolute atomic E-state index is 3.35. The monoisotopic (exact) mass is 202 g/mol. The van der Waals surface area contributed by atoms with Gasteiger partial charge in [-0.1, -0.05) is 18.2 Å². The molecule has 0 aliphatic carbocycles. The molecule has 0 aliphatic rings. The summed E-state index contributed by atoms with van der Waals surface area (Å²) in [5, 5.41) is 4.66. The standard InChI is InChI=1S/C13H18N2/c1-13(2,14-3)11-7-5-6-10-8-9-15(4)12(10)11/h5-9,14H,1-4H3. The van der Waals surface area contributed by atoms with E-state index >= 15 is 0 Å². The molecule has 80 valence electrons. The second kappa shape index (κ2) is 3.38. The summed E-state index contributed by atoms with van der Waals surface area (Å²) in [4.78, 5) is 0. The minimum absolute atomic E-state index is 0.00558. The number of para-hydroxylation sites is 1. The van der Waals surface area contributed by atoms with Crippen LogP contribution in [0.2, 0.25) is 0 Å². The third-order valence-corrected chi connectivity index (χ3v) is 3.20. The van der Waals surface area contributed by atoms with Crippen LogP contribution in [0.15, 0.2) is 30.5 Å². The SMILES string of the molecule is CNC(C)(C)c1cccc2ccn(C)c12. The summed E-state index contributed by atoms with van der Waals surface area (Å²) in [6.07, 6.45) is 2.11. The van der Waals surface area contributed by atoms with E-state index in [9.17, 15) is 0 Å². The molecule has 0 bridgehead atoms. The molecule has 1 aromatic heterocycles. The number of aryl methyl sites for hydroxylation is 1. The Bertz CT molecular complexity index is 480. The predicted octanol–water partition coefficient (Wildman–Crippen LogP) is 2.63. The van der Waals surface area contributed by atoms with Gasteiger partial charge in [0.25, 0.3) is 0 Å². The van der Waals surface area contributed by atoms with Crippen molar-refractivity contribution in [3.05, 3.63) is 36.0 Å². The summed E-state index contributed by atoms with van der Waals surface area (Å²) >= 11 is 0. The number of fused-ring (bicyclic) bond motifs is 1. The Morgan fingerprint density at radius 2 is 1.93 bits per heavy atom. The van der Waals surface area contributed by atoms with Gasteiger partial charge in [-0.25, -0.2) is 0 Å². The second-order valence-electron chi connectivity index (χ2n) is 4.55. The molecule has 2 heteroatoms. The van der Waals surface area contributed by atoms with Crippen molar-refractivity contribution in [3.63, 3.8) is 0 Å². The van der Waals surface area contributed by atoms with Gasteiger partial charge in [-0.3, -0.25) is 0 Å². The summed E-state index contributed by atoms with van der Waals surface area (Å²) in [6, 6.07) is 8.63. The van der Waals surface area contributed by atoms with E-state index in [2.05, 4.69) is 61.2 Å². The minimum Gasteiger partial charge on any atom is -0.350 e. The molecular weight excluding hydrogens is 184 g/mol. The van der Waals surface area contributed by atoms with E-state index in [1.54, 1.807) is 0 Å². The van der Waals surface area contributed by atoms with Crippen LogP contribution < -0.4 is 5.32 Å². The highest BCUT2D eigenvalue weighted by atomic mass is 15.0. The third kappa shape index (κ3) is 1.55. The van der Waals surface area contributed by atoms with E-state index in [1.165, 1.54) is 16.5 Å². The van der Waals surface area contributed by atoms with Gasteiger partial charge < -0.3 is 9.88 Å². The Balaban J connectivity index is 2.75. The summed E-state index contributed by atoms with van der Waals surface area (Å²) in [7, 11) is 4.10. The van der Waals surface area contributed by atoms with E-state index in [0.29, 0.717) is 0 Å². The first kappa shape index (κ1) is 10.2. The first-order valence-electron chi connectivity index (χ1n) is 5.30. The molecule has 0 atom stereocenters. The van der Waals surface area contributed by atoms with Crippen molar-refractivity contribution in [3.8, 4) is 0 Å². The Morgan fingerprint density at radius 1 is 1.20 bits per heavy atom. The zero-order valence-corrected chi connectivity index (χ0v) is 9.83. The van der Waals surface area contributed by atoms with Crippen LogP contribution in [0.25, 0.3) is 10.9 Å². The lowest BCUT2D eigenvalue weighted by Crippen LogP contribution is -2.33. The smallest absolute Gasteiger partial charge is 0.0528 e. The second-order valence-corrected chi connectivity index (χ2v) is 4.55. The van der Waals surface area contributed by atoms with Gasteiger partial charge >= 0.3 is 0 Å². The van der Waals surface area contributed by atoms with Crippen molar-refractivity contribution in [2.75, 3.05) is 7.05 Å². The number of nitrogens with zero attached hydrogens (tertiary/aromatic N) is 1. The molecule has 1 aromatic carbocycles. The molecule has 15 heavy (non-hydrogen) atoms. The topological polar surface area (TPSA) is 17.0 Å². The Hall–Kier alpha value is -1.28. The lowest BCUT2D eigenvalue weighted by atomic mass is 9.93. The molecule has 1 heterocycles. The molecule has 0 unspecified atom stereocenters. The molecule has 0 saturated carbocycles. The van der Waals surface area contributed by atoms with Crippen LogP contribution in [0.3, 0.4) is 0 Å². The lowest BCUT2D eigenvalue weighted by molar-refractivity contribution is 0.447. The van der Waals surface area contributed by atoms with Crippen molar-refractivity contribution >= 4 is 10.9 Å². The molecule has 0 aliphatic heterocycles. The molecule has 2 nitrogen and oxygen atoms in total. The summed E-state index contributed by atoms with van der Waals surface area (Å²) in [5.74, 6) is 0. The van der Waals surface area contributed by atoms with E-state index in [4.69, 9.17) is 0 Å². The number of aromatic nitrogens is 1. The van der Waals surface area contributed by atoms with Gasteiger partial charge in [0.1, 0.15) is 0 Å². The van der Waals surface area contributed by atoms with Crippen molar-refractivity contribution < 1.29 is 0 Å². The molecule has 0 spiro atoms. The van der Waals surface area contributed by atoms with Crippen LogP contribution in [0.1, 0.15) is 19.4 Å². The highest BCUT2D eigenvalue weighted by molar-refractivity contribution is 5.84. The third-order valence-electron chi connectivity index (χ3n) is 3.20. The van der Waals surface area contributed by atoms with Crippen LogP contribution >= 0.6 is 0 Å². The van der Waals surface area contributed by atoms with Crippen LogP contribution in [0, 0.1) is 0 Å². The fraction of sp³-hybridized carbons (Fsp3) is 0.385. The van der Waals surface area contributed by atoms with E-state index in [1.807, 2.05) is 7.05 Å². The number of benzene rings is 1. The van der Waals surface area contributed by atoms with Crippen LogP contribution in [-0.4, -0.2) is 11.6 Å². The van der Waals surface area contributed by atoms with Gasteiger partial charge in [0.05, 0.1) is 5.52 Å². The van der Waals surface area contributed by atoms with Gasteiger partial charge in [-0.05, 0) is 37.9 Å². The molecule has 0 amide bonds. The lowest BCUT2D eigenvalue weighted by Gasteiger charge is -2.26. The van der Waals surface area contributed by atoms with Crippen molar-refractivity contribution in [1.82, 2.24) is 9.88 Å². The zero-order valence-electron chi connectivity index (χ0n) is 9.83. The van der Waals surface area contributed by atoms with Crippen molar-refractivity contribution in [1.29, 1.82) is 0 Å². The van der Waals surface area contributed by atoms with E-state index < -0.39 is 0 Å². The van der Waals surface area contributed by atoms with Crippen LogP contribution in [0.4, 0.5) is 0 Å². The fourth-order valence-electron chi connectivity index (χ4n) is 2.00. The number of rotatable bonds is 2. The molecule has 0 saturated heterocycles. The maximum atomic E-state index is 3.35. The summed E-state index contributed by atoms with van der Waals surface area (Å²) < 4.78 is 2.18. The number of nitrogens with one attached hydrogen (secondary N) is 1. The minimum atomic E-state index is 0.00558. The molecule has 0 fully saturated rings.